The maximum absolute atomic E-state index is 11.2. The van der Waals surface area contributed by atoms with Gasteiger partial charge in [-0.3, -0.25) is 0 Å². The van der Waals surface area contributed by atoms with Crippen molar-refractivity contribution in [3.63, 3.8) is 0 Å². The minimum absolute atomic E-state index is 0.0595. The number of aromatic carboxylic acids is 1. The Kier molecular flexibility index (Phi) is 4.13. The summed E-state index contributed by atoms with van der Waals surface area (Å²) in [4.78, 5) is 13.4. The number of hydrogen-bond donors (Lipinski definition) is 1. The second-order valence-corrected chi connectivity index (χ2v) is 6.48. The molecule has 0 bridgehead atoms. The van der Waals surface area contributed by atoms with Gasteiger partial charge in [0.2, 0.25) is 0 Å². The predicted octanol–water partition coefficient (Wildman–Crippen LogP) is 4.27. The molecule has 0 saturated heterocycles. The maximum atomic E-state index is 11.2. The Labute approximate surface area is 139 Å². The number of hydrogen-bond acceptors (Lipinski definition) is 2. The van der Waals surface area contributed by atoms with E-state index in [1.807, 2.05) is 19.2 Å². The van der Waals surface area contributed by atoms with Gasteiger partial charge in [-0.15, -0.1) is 0 Å². The molecular formula is C17H15Cl2NO2. The van der Waals surface area contributed by atoms with E-state index in [2.05, 4.69) is 4.90 Å². The van der Waals surface area contributed by atoms with Gasteiger partial charge >= 0.3 is 5.97 Å². The van der Waals surface area contributed by atoms with Crippen molar-refractivity contribution >= 4 is 29.2 Å². The molecular weight excluding hydrogens is 321 g/mol. The fraction of sp³-hybridized carbons (Fsp3) is 0.235. The topological polar surface area (TPSA) is 40.5 Å². The number of likely N-dealkylation sites (N-methyl/N-ethyl adjacent to an activating group) is 1. The molecule has 0 radical (unpaired) electrons. The molecule has 1 unspecified atom stereocenters. The molecule has 3 nitrogen and oxygen atoms in total. The molecule has 1 aliphatic heterocycles. The third-order valence-electron chi connectivity index (χ3n) is 4.03. The quantitative estimate of drug-likeness (QED) is 0.890. The predicted molar refractivity (Wildman–Crippen MR) is 88.0 cm³/mol. The van der Waals surface area contributed by atoms with Crippen LogP contribution < -0.4 is 0 Å². The molecule has 22 heavy (non-hydrogen) atoms. The maximum Gasteiger partial charge on any atom is 0.335 e. The molecule has 1 aliphatic rings. The van der Waals surface area contributed by atoms with Gasteiger partial charge in [-0.25, -0.2) is 4.79 Å². The molecule has 1 heterocycles. The molecule has 5 heteroatoms. The number of carboxylic acids is 1. The fourth-order valence-corrected chi connectivity index (χ4v) is 3.59. The minimum Gasteiger partial charge on any atom is -0.478 e. The van der Waals surface area contributed by atoms with Crippen molar-refractivity contribution < 1.29 is 9.90 Å². The van der Waals surface area contributed by atoms with Crippen molar-refractivity contribution in [3.8, 4) is 0 Å². The largest absolute Gasteiger partial charge is 0.478 e. The number of fused-ring (bicyclic) bond motifs is 1. The summed E-state index contributed by atoms with van der Waals surface area (Å²) in [7, 11) is 2.03. The van der Waals surface area contributed by atoms with Crippen LogP contribution in [0.1, 0.15) is 33.0 Å². The molecule has 3 rings (SSSR count). The van der Waals surface area contributed by atoms with Crippen molar-refractivity contribution in [1.82, 2.24) is 4.90 Å². The van der Waals surface area contributed by atoms with Crippen molar-refractivity contribution in [1.29, 1.82) is 0 Å². The summed E-state index contributed by atoms with van der Waals surface area (Å²) in [5.74, 6) is -0.861. The molecule has 0 amide bonds. The van der Waals surface area contributed by atoms with Crippen LogP contribution in [-0.4, -0.2) is 29.6 Å². The fourth-order valence-electron chi connectivity index (χ4n) is 3.02. The number of carbonyl (C=O) groups is 1. The molecule has 2 aromatic rings. The lowest BCUT2D eigenvalue weighted by Gasteiger charge is -2.33. The standard InChI is InChI=1S/C17H15Cl2NO2/c1-20-8-14(10-3-2-4-11(5-10)17(21)22)13-6-12(18)7-16(19)15(13)9-20/h2-7,14H,8-9H2,1H3,(H,21,22). The van der Waals surface area contributed by atoms with Gasteiger partial charge in [0, 0.05) is 29.1 Å². The molecule has 0 aliphatic carbocycles. The van der Waals surface area contributed by atoms with Crippen LogP contribution in [0.3, 0.4) is 0 Å². The zero-order valence-corrected chi connectivity index (χ0v) is 13.5. The summed E-state index contributed by atoms with van der Waals surface area (Å²) in [6.45, 7) is 1.56. The van der Waals surface area contributed by atoms with Crippen LogP contribution >= 0.6 is 23.2 Å². The van der Waals surface area contributed by atoms with Crippen molar-refractivity contribution in [2.75, 3.05) is 13.6 Å². The molecule has 1 N–H and O–H groups in total. The summed E-state index contributed by atoms with van der Waals surface area (Å²) in [6, 6.07) is 10.8. The average Bonchev–Trinajstić information content (AvgIpc) is 2.47. The number of rotatable bonds is 2. The van der Waals surface area contributed by atoms with E-state index < -0.39 is 5.97 Å². The Bertz CT molecular complexity index is 745. The lowest BCUT2D eigenvalue weighted by Crippen LogP contribution is -2.31. The third kappa shape index (κ3) is 2.84. The average molecular weight is 336 g/mol. The van der Waals surface area contributed by atoms with Gasteiger partial charge in [-0.05, 0) is 48.0 Å². The highest BCUT2D eigenvalue weighted by Crippen LogP contribution is 2.38. The van der Waals surface area contributed by atoms with Gasteiger partial charge < -0.3 is 10.0 Å². The monoisotopic (exact) mass is 335 g/mol. The first-order valence-electron chi connectivity index (χ1n) is 6.95. The van der Waals surface area contributed by atoms with Gasteiger partial charge in [0.15, 0.2) is 0 Å². The van der Waals surface area contributed by atoms with E-state index >= 15 is 0 Å². The van der Waals surface area contributed by atoms with Gasteiger partial charge in [-0.1, -0.05) is 35.3 Å². The van der Waals surface area contributed by atoms with E-state index in [1.165, 1.54) is 0 Å². The Hall–Kier alpha value is -1.55. The van der Waals surface area contributed by atoms with Gasteiger partial charge in [-0.2, -0.15) is 0 Å². The van der Waals surface area contributed by atoms with Crippen molar-refractivity contribution in [2.24, 2.45) is 0 Å². The van der Waals surface area contributed by atoms with Crippen LogP contribution in [0.4, 0.5) is 0 Å². The third-order valence-corrected chi connectivity index (χ3v) is 4.58. The number of halogens is 2. The van der Waals surface area contributed by atoms with Crippen LogP contribution in [0, 0.1) is 0 Å². The van der Waals surface area contributed by atoms with E-state index in [9.17, 15) is 9.90 Å². The van der Waals surface area contributed by atoms with E-state index in [-0.39, 0.29) is 5.92 Å². The summed E-state index contributed by atoms with van der Waals surface area (Å²) in [6.07, 6.45) is 0. The van der Waals surface area contributed by atoms with E-state index in [0.717, 1.165) is 29.8 Å². The van der Waals surface area contributed by atoms with Crippen LogP contribution in [0.25, 0.3) is 0 Å². The summed E-state index contributed by atoms with van der Waals surface area (Å²) < 4.78 is 0. The smallest absolute Gasteiger partial charge is 0.335 e. The van der Waals surface area contributed by atoms with E-state index in [1.54, 1.807) is 24.3 Å². The molecule has 0 saturated carbocycles. The number of carboxylic acid groups (broad SMARTS) is 1. The zero-order valence-electron chi connectivity index (χ0n) is 12.0. The lowest BCUT2D eigenvalue weighted by atomic mass is 9.84. The Morgan fingerprint density at radius 2 is 2.05 bits per heavy atom. The highest BCUT2D eigenvalue weighted by molar-refractivity contribution is 6.35. The molecule has 0 spiro atoms. The Morgan fingerprint density at radius 1 is 1.27 bits per heavy atom. The second-order valence-electron chi connectivity index (χ2n) is 5.64. The first-order chi connectivity index (χ1) is 10.5. The van der Waals surface area contributed by atoms with Gasteiger partial charge in [0.05, 0.1) is 5.56 Å². The zero-order chi connectivity index (χ0) is 15.9. The summed E-state index contributed by atoms with van der Waals surface area (Å²) in [5, 5.41) is 10.5. The molecule has 2 aromatic carbocycles. The normalized spacial score (nSPS) is 18.0. The van der Waals surface area contributed by atoms with Gasteiger partial charge in [0.25, 0.3) is 0 Å². The van der Waals surface area contributed by atoms with Crippen molar-refractivity contribution in [3.05, 3.63) is 68.7 Å². The molecule has 1 atom stereocenters. The summed E-state index contributed by atoms with van der Waals surface area (Å²) >= 11 is 12.5. The summed E-state index contributed by atoms with van der Waals surface area (Å²) in [5.41, 5.74) is 3.40. The Morgan fingerprint density at radius 3 is 2.77 bits per heavy atom. The molecule has 114 valence electrons. The number of nitrogens with zero attached hydrogens (tertiary/aromatic N) is 1. The first kappa shape index (κ1) is 15.3. The number of benzene rings is 2. The highest BCUT2D eigenvalue weighted by atomic mass is 35.5. The Balaban J connectivity index is 2.13. The van der Waals surface area contributed by atoms with Crippen molar-refractivity contribution in [2.45, 2.75) is 12.5 Å². The minimum atomic E-state index is -0.921. The van der Waals surface area contributed by atoms with Crippen LogP contribution in [-0.2, 0) is 6.54 Å². The van der Waals surface area contributed by atoms with Crippen LogP contribution in [0.2, 0.25) is 10.0 Å². The van der Waals surface area contributed by atoms with Crippen LogP contribution in [0.15, 0.2) is 36.4 Å². The van der Waals surface area contributed by atoms with E-state index in [4.69, 9.17) is 23.2 Å². The lowest BCUT2D eigenvalue weighted by molar-refractivity contribution is 0.0696. The second kappa shape index (κ2) is 5.92. The first-order valence-corrected chi connectivity index (χ1v) is 7.71. The van der Waals surface area contributed by atoms with Gasteiger partial charge in [0.1, 0.15) is 0 Å². The molecule has 0 fully saturated rings. The highest BCUT2D eigenvalue weighted by Gasteiger charge is 2.27. The molecule has 0 aromatic heterocycles. The SMILES string of the molecule is CN1Cc2c(Cl)cc(Cl)cc2C(c2cccc(C(=O)O)c2)C1. The van der Waals surface area contributed by atoms with Crippen LogP contribution in [0.5, 0.6) is 0 Å². The van der Waals surface area contributed by atoms with E-state index in [0.29, 0.717) is 15.6 Å².